The minimum Gasteiger partial charge on any atom is -0.459 e. The second kappa shape index (κ2) is 6.92. The number of nitrogens with one attached hydrogen (secondary N) is 1. The average Bonchev–Trinajstić information content (AvgIpc) is 2.90. The van der Waals surface area contributed by atoms with E-state index in [-0.39, 0.29) is 0 Å². The highest BCUT2D eigenvalue weighted by molar-refractivity contribution is 9.10. The molecule has 1 atom stereocenters. The van der Waals surface area contributed by atoms with E-state index in [1.807, 2.05) is 24.3 Å². The summed E-state index contributed by atoms with van der Waals surface area (Å²) in [5, 5.41) is 3.51. The molecule has 1 heterocycles. The van der Waals surface area contributed by atoms with E-state index in [9.17, 15) is 0 Å². The van der Waals surface area contributed by atoms with Crippen molar-refractivity contribution in [3.05, 3.63) is 46.6 Å². The summed E-state index contributed by atoms with van der Waals surface area (Å²) >= 11 is 3.56. The maximum Gasteiger partial charge on any atom is 0.135 e. The smallest absolute Gasteiger partial charge is 0.135 e. The third-order valence-corrected chi connectivity index (χ3v) is 3.85. The maximum atomic E-state index is 6.01. The van der Waals surface area contributed by atoms with E-state index >= 15 is 0 Å². The summed E-state index contributed by atoms with van der Waals surface area (Å²) in [5.41, 5.74) is 1.10. The number of furan rings is 1. The standard InChI is InChI=1S/C16H20BrNO/c1-3-11-18-14(4-2)16-10-9-15(19-16)12-7-5-6-8-13(12)17/h5-10,14,18H,3-4,11H2,1-2H3. The van der Waals surface area contributed by atoms with Crippen LogP contribution in [0, 0.1) is 0 Å². The molecule has 1 N–H and O–H groups in total. The molecule has 0 amide bonds. The fourth-order valence-corrected chi connectivity index (χ4v) is 2.59. The van der Waals surface area contributed by atoms with Gasteiger partial charge in [0.2, 0.25) is 0 Å². The van der Waals surface area contributed by atoms with Gasteiger partial charge in [0, 0.05) is 10.0 Å². The first-order valence-corrected chi connectivity index (χ1v) is 7.63. The molecular weight excluding hydrogens is 302 g/mol. The third kappa shape index (κ3) is 3.48. The van der Waals surface area contributed by atoms with Crippen molar-refractivity contribution in [3.8, 4) is 11.3 Å². The number of benzene rings is 1. The molecule has 3 heteroatoms. The number of halogens is 1. The van der Waals surface area contributed by atoms with Gasteiger partial charge in [-0.2, -0.15) is 0 Å². The van der Waals surface area contributed by atoms with Gasteiger partial charge in [-0.1, -0.05) is 48.0 Å². The van der Waals surface area contributed by atoms with Crippen LogP contribution in [0.25, 0.3) is 11.3 Å². The predicted molar refractivity (Wildman–Crippen MR) is 83.2 cm³/mol. The Morgan fingerprint density at radius 3 is 2.63 bits per heavy atom. The quantitative estimate of drug-likeness (QED) is 0.795. The summed E-state index contributed by atoms with van der Waals surface area (Å²) in [7, 11) is 0. The fraction of sp³-hybridized carbons (Fsp3) is 0.375. The van der Waals surface area contributed by atoms with Gasteiger partial charge in [0.1, 0.15) is 11.5 Å². The molecule has 1 aromatic carbocycles. The van der Waals surface area contributed by atoms with Crippen molar-refractivity contribution in [3.63, 3.8) is 0 Å². The van der Waals surface area contributed by atoms with Crippen molar-refractivity contribution < 1.29 is 4.42 Å². The van der Waals surface area contributed by atoms with Crippen LogP contribution >= 0.6 is 15.9 Å². The van der Waals surface area contributed by atoms with Gasteiger partial charge in [-0.05, 0) is 37.6 Å². The van der Waals surface area contributed by atoms with Crippen LogP contribution in [0.3, 0.4) is 0 Å². The van der Waals surface area contributed by atoms with E-state index in [2.05, 4.69) is 47.2 Å². The SMILES string of the molecule is CCCNC(CC)c1ccc(-c2ccccc2Br)o1. The van der Waals surface area contributed by atoms with Gasteiger partial charge in [-0.15, -0.1) is 0 Å². The molecule has 0 aliphatic carbocycles. The van der Waals surface area contributed by atoms with Crippen molar-refractivity contribution in [1.82, 2.24) is 5.32 Å². The Bertz CT molecular complexity index is 521. The van der Waals surface area contributed by atoms with Crippen molar-refractivity contribution in [1.29, 1.82) is 0 Å². The van der Waals surface area contributed by atoms with Crippen LogP contribution in [0.4, 0.5) is 0 Å². The van der Waals surface area contributed by atoms with Gasteiger partial charge < -0.3 is 9.73 Å². The maximum absolute atomic E-state index is 6.01. The minimum atomic E-state index is 0.302. The van der Waals surface area contributed by atoms with Crippen molar-refractivity contribution in [2.24, 2.45) is 0 Å². The lowest BCUT2D eigenvalue weighted by Crippen LogP contribution is -2.20. The van der Waals surface area contributed by atoms with Crippen LogP contribution in [0.15, 0.2) is 45.3 Å². The molecule has 1 aromatic heterocycles. The van der Waals surface area contributed by atoms with Crippen molar-refractivity contribution in [2.45, 2.75) is 32.7 Å². The first-order chi connectivity index (χ1) is 9.26. The monoisotopic (exact) mass is 321 g/mol. The molecule has 102 valence electrons. The topological polar surface area (TPSA) is 25.2 Å². The van der Waals surface area contributed by atoms with Crippen LogP contribution in [0.2, 0.25) is 0 Å². The lowest BCUT2D eigenvalue weighted by atomic mass is 10.1. The van der Waals surface area contributed by atoms with E-state index < -0.39 is 0 Å². The highest BCUT2D eigenvalue weighted by Gasteiger charge is 2.14. The normalized spacial score (nSPS) is 12.6. The summed E-state index contributed by atoms with van der Waals surface area (Å²) in [6.07, 6.45) is 2.16. The largest absolute Gasteiger partial charge is 0.459 e. The van der Waals surface area contributed by atoms with Gasteiger partial charge in [0.15, 0.2) is 0 Å². The van der Waals surface area contributed by atoms with Crippen LogP contribution in [0.1, 0.15) is 38.5 Å². The van der Waals surface area contributed by atoms with Crippen LogP contribution < -0.4 is 5.32 Å². The zero-order valence-corrected chi connectivity index (χ0v) is 13.0. The van der Waals surface area contributed by atoms with Gasteiger partial charge >= 0.3 is 0 Å². The van der Waals surface area contributed by atoms with Gasteiger partial charge in [-0.3, -0.25) is 0 Å². The molecule has 0 aliphatic rings. The molecule has 19 heavy (non-hydrogen) atoms. The Kier molecular flexibility index (Phi) is 5.23. The lowest BCUT2D eigenvalue weighted by molar-refractivity contribution is 0.411. The molecule has 2 nitrogen and oxygen atoms in total. The molecular formula is C16H20BrNO. The summed E-state index contributed by atoms with van der Waals surface area (Å²) in [6, 6.07) is 12.6. The molecule has 0 fully saturated rings. The Labute approximate surface area is 123 Å². The summed E-state index contributed by atoms with van der Waals surface area (Å²) < 4.78 is 7.07. The van der Waals surface area contributed by atoms with Gasteiger partial charge in [-0.25, -0.2) is 0 Å². The Morgan fingerprint density at radius 1 is 1.16 bits per heavy atom. The van der Waals surface area contributed by atoms with Crippen molar-refractivity contribution in [2.75, 3.05) is 6.54 Å². The molecule has 2 aromatic rings. The summed E-state index contributed by atoms with van der Waals surface area (Å²) in [5.74, 6) is 1.93. The molecule has 0 radical (unpaired) electrons. The fourth-order valence-electron chi connectivity index (χ4n) is 2.11. The minimum absolute atomic E-state index is 0.302. The van der Waals surface area contributed by atoms with E-state index in [0.717, 1.165) is 40.9 Å². The summed E-state index contributed by atoms with van der Waals surface area (Å²) in [4.78, 5) is 0. The highest BCUT2D eigenvalue weighted by atomic mass is 79.9. The van der Waals surface area contributed by atoms with Gasteiger partial charge in [0.25, 0.3) is 0 Å². The predicted octanol–water partition coefficient (Wildman–Crippen LogP) is 5.16. The van der Waals surface area contributed by atoms with E-state index in [0.29, 0.717) is 6.04 Å². The number of hydrogen-bond donors (Lipinski definition) is 1. The molecule has 0 bridgehead atoms. The van der Waals surface area contributed by atoms with Crippen LogP contribution in [-0.4, -0.2) is 6.54 Å². The molecule has 0 saturated carbocycles. The molecule has 1 unspecified atom stereocenters. The van der Waals surface area contributed by atoms with E-state index in [1.165, 1.54) is 0 Å². The Balaban J connectivity index is 2.21. The molecule has 0 spiro atoms. The van der Waals surface area contributed by atoms with E-state index in [4.69, 9.17) is 4.42 Å². The first-order valence-electron chi connectivity index (χ1n) is 6.84. The van der Waals surface area contributed by atoms with Crippen molar-refractivity contribution >= 4 is 15.9 Å². The third-order valence-electron chi connectivity index (χ3n) is 3.16. The second-order valence-corrected chi connectivity index (χ2v) is 5.45. The Morgan fingerprint density at radius 2 is 1.95 bits per heavy atom. The molecule has 2 rings (SSSR count). The Hall–Kier alpha value is -1.06. The highest BCUT2D eigenvalue weighted by Crippen LogP contribution is 2.31. The molecule has 0 saturated heterocycles. The van der Waals surface area contributed by atoms with Crippen LogP contribution in [-0.2, 0) is 0 Å². The van der Waals surface area contributed by atoms with Gasteiger partial charge in [0.05, 0.1) is 6.04 Å². The zero-order valence-electron chi connectivity index (χ0n) is 11.4. The average molecular weight is 322 g/mol. The van der Waals surface area contributed by atoms with Crippen LogP contribution in [0.5, 0.6) is 0 Å². The summed E-state index contributed by atoms with van der Waals surface area (Å²) in [6.45, 7) is 5.37. The lowest BCUT2D eigenvalue weighted by Gasteiger charge is -2.13. The first kappa shape index (κ1) is 14.4. The number of hydrogen-bond acceptors (Lipinski definition) is 2. The molecule has 0 aliphatic heterocycles. The zero-order chi connectivity index (χ0) is 13.7. The number of rotatable bonds is 6. The van der Waals surface area contributed by atoms with E-state index in [1.54, 1.807) is 0 Å². The second-order valence-electron chi connectivity index (χ2n) is 4.60.